The Morgan fingerprint density at radius 3 is 2.24 bits per heavy atom. The van der Waals surface area contributed by atoms with Gasteiger partial charge in [0.05, 0.1) is 6.33 Å². The lowest BCUT2D eigenvalue weighted by molar-refractivity contribution is -0.128. The van der Waals surface area contributed by atoms with Crippen LogP contribution in [0.4, 0.5) is 19.8 Å². The summed E-state index contributed by atoms with van der Waals surface area (Å²) in [6, 6.07) is 0. The molecule has 0 radical (unpaired) electrons. The number of aryl methyl sites for hydroxylation is 2. The number of aromatic nitrogens is 4. The Labute approximate surface area is 232 Å². The molecule has 0 spiro atoms. The van der Waals surface area contributed by atoms with Crippen molar-refractivity contribution in [2.24, 2.45) is 0 Å². The van der Waals surface area contributed by atoms with Crippen LogP contribution in [0.5, 0.6) is 0 Å². The van der Waals surface area contributed by atoms with E-state index in [1.54, 1.807) is 0 Å². The number of ether oxygens (including phenoxy) is 5. The maximum atomic E-state index is 13.9. The lowest BCUT2D eigenvalue weighted by Crippen LogP contribution is -2.44. The number of imidazole rings is 1. The molecule has 224 valence electrons. The summed E-state index contributed by atoms with van der Waals surface area (Å²) in [6.45, 7) is 2.91. The molecule has 1 aliphatic heterocycles. The van der Waals surface area contributed by atoms with Gasteiger partial charge in [-0.1, -0.05) is 0 Å². The summed E-state index contributed by atoms with van der Waals surface area (Å²) in [4.78, 5) is 58.5. The number of carbonyl (C=O) groups excluding carboxylic acids is 2. The number of nitrogens with two attached hydrogens (primary N) is 1. The molecule has 4 aromatic heterocycles. The zero-order chi connectivity index (χ0) is 30.2. The van der Waals surface area contributed by atoms with Crippen LogP contribution in [-0.2, 0) is 36.9 Å². The molecule has 0 amide bonds. The first-order valence-electron chi connectivity index (χ1n) is 12.1. The lowest BCUT2D eigenvalue weighted by atomic mass is 10.00. The molecular weight excluding hydrogens is 573 g/mol. The van der Waals surface area contributed by atoms with Gasteiger partial charge in [-0.3, -0.25) is 4.57 Å². The van der Waals surface area contributed by atoms with Crippen LogP contribution < -0.4 is 17.4 Å². The van der Waals surface area contributed by atoms with E-state index in [0.717, 1.165) is 0 Å². The van der Waals surface area contributed by atoms with Gasteiger partial charge in [0.1, 0.15) is 24.5 Å². The van der Waals surface area contributed by atoms with Crippen molar-refractivity contribution in [3.05, 3.63) is 56.7 Å². The molecule has 42 heavy (non-hydrogen) atoms. The van der Waals surface area contributed by atoms with E-state index in [1.807, 2.05) is 0 Å². The second-order valence-corrected chi connectivity index (χ2v) is 9.16. The minimum atomic E-state index is -1.52. The Morgan fingerprint density at radius 2 is 1.64 bits per heavy atom. The van der Waals surface area contributed by atoms with Crippen LogP contribution in [0.15, 0.2) is 33.6 Å². The summed E-state index contributed by atoms with van der Waals surface area (Å²) in [6.07, 6.45) is -4.34. The van der Waals surface area contributed by atoms with Crippen LogP contribution in [0, 0.1) is 19.9 Å². The summed E-state index contributed by atoms with van der Waals surface area (Å²) in [5.74, 6) is -1.96. The normalized spacial score (nSPS) is 20.1. The summed E-state index contributed by atoms with van der Waals surface area (Å²) in [5.41, 5.74) is 4.32. The Kier molecular flexibility index (Phi) is 7.42. The van der Waals surface area contributed by atoms with E-state index in [4.69, 9.17) is 47.1 Å². The first-order chi connectivity index (χ1) is 19.9. The van der Waals surface area contributed by atoms with Crippen molar-refractivity contribution in [1.82, 2.24) is 19.5 Å². The number of nitrogen functional groups attached to an aromatic ring is 1. The van der Waals surface area contributed by atoms with Gasteiger partial charge in [-0.25, -0.2) is 24.2 Å². The van der Waals surface area contributed by atoms with E-state index in [9.17, 15) is 23.6 Å². The smallest absolute Gasteiger partial charge is 0.431 e. The predicted octanol–water partition coefficient (Wildman–Crippen LogP) is 2.01. The van der Waals surface area contributed by atoms with Gasteiger partial charge in [0.2, 0.25) is 0 Å². The van der Waals surface area contributed by atoms with Gasteiger partial charge in [0.15, 0.2) is 53.2 Å². The first kappa shape index (κ1) is 28.3. The van der Waals surface area contributed by atoms with Crippen LogP contribution in [0.25, 0.3) is 11.2 Å². The summed E-state index contributed by atoms with van der Waals surface area (Å²) in [7, 11) is 0. The third kappa shape index (κ3) is 5.80. The lowest BCUT2D eigenvalue weighted by Gasteiger charge is -2.29. The molecular formula is C23H22FN5O13. The van der Waals surface area contributed by atoms with Gasteiger partial charge in [0, 0.05) is 6.42 Å². The monoisotopic (exact) mass is 595 g/mol. The van der Waals surface area contributed by atoms with Crippen LogP contribution in [0.3, 0.4) is 0 Å². The standard InChI is InChI=1S/C23H22FN5O13/c1-9-11(39-21(32)37-9)5-34-19(30)36-7-23(3)13(41-20(31)35-6-12-10(2)38-22(33)40-12)4-14(42-23)29-8-26-15-16(25)27-18(24)28-17(15)29/h8,13-14H,4-7H2,1-3H3,(H2,25,27,28)/t13-,14+,23+/m0/s1. The van der Waals surface area contributed by atoms with Crippen molar-refractivity contribution in [2.75, 3.05) is 12.3 Å². The zero-order valence-corrected chi connectivity index (χ0v) is 22.1. The first-order valence-corrected chi connectivity index (χ1v) is 12.1. The van der Waals surface area contributed by atoms with Gasteiger partial charge in [-0.15, -0.1) is 0 Å². The minimum Gasteiger partial charge on any atom is -0.431 e. The van der Waals surface area contributed by atoms with Crippen molar-refractivity contribution in [3.63, 3.8) is 0 Å². The highest BCUT2D eigenvalue weighted by atomic mass is 19.1. The Balaban J connectivity index is 1.31. The molecule has 0 saturated carbocycles. The fraction of sp³-hybridized carbons (Fsp3) is 0.435. The van der Waals surface area contributed by atoms with E-state index in [-0.39, 0.29) is 46.4 Å². The van der Waals surface area contributed by atoms with Crippen LogP contribution in [0.1, 0.15) is 42.6 Å². The van der Waals surface area contributed by atoms with E-state index < -0.39 is 67.8 Å². The van der Waals surface area contributed by atoms with Crippen LogP contribution in [0.2, 0.25) is 0 Å². The maximum Gasteiger partial charge on any atom is 0.519 e. The van der Waals surface area contributed by atoms with E-state index in [0.29, 0.717) is 0 Å². The fourth-order valence-corrected chi connectivity index (χ4v) is 4.11. The number of anilines is 1. The Bertz CT molecular complexity index is 1750. The Morgan fingerprint density at radius 1 is 1.02 bits per heavy atom. The van der Waals surface area contributed by atoms with Crippen molar-refractivity contribution in [3.8, 4) is 0 Å². The van der Waals surface area contributed by atoms with Crippen molar-refractivity contribution in [1.29, 1.82) is 0 Å². The van der Waals surface area contributed by atoms with Crippen molar-refractivity contribution < 1.29 is 55.3 Å². The Hall–Kier alpha value is -5.20. The van der Waals surface area contributed by atoms with E-state index >= 15 is 0 Å². The largest absolute Gasteiger partial charge is 0.519 e. The number of carbonyl (C=O) groups is 2. The highest BCUT2D eigenvalue weighted by Gasteiger charge is 2.50. The highest BCUT2D eigenvalue weighted by Crippen LogP contribution is 2.40. The number of rotatable bonds is 8. The van der Waals surface area contributed by atoms with Crippen molar-refractivity contribution in [2.45, 2.75) is 58.3 Å². The molecule has 2 N–H and O–H groups in total. The van der Waals surface area contributed by atoms with Gasteiger partial charge < -0.3 is 47.1 Å². The number of hydrogen-bond donors (Lipinski definition) is 1. The van der Waals surface area contributed by atoms with Crippen molar-refractivity contribution >= 4 is 29.3 Å². The topological polar surface area (TPSA) is 237 Å². The van der Waals surface area contributed by atoms with Crippen LogP contribution >= 0.6 is 0 Å². The van der Waals surface area contributed by atoms with Gasteiger partial charge in [-0.05, 0) is 20.8 Å². The zero-order valence-electron chi connectivity index (χ0n) is 22.1. The molecule has 3 atom stereocenters. The molecule has 5 rings (SSSR count). The molecule has 18 nitrogen and oxygen atoms in total. The van der Waals surface area contributed by atoms with Gasteiger partial charge in [-0.2, -0.15) is 14.4 Å². The molecule has 5 heterocycles. The third-order valence-corrected chi connectivity index (χ3v) is 6.26. The number of hydrogen-bond acceptors (Lipinski definition) is 17. The quantitative estimate of drug-likeness (QED) is 0.226. The molecule has 0 unspecified atom stereocenters. The minimum absolute atomic E-state index is 0.00154. The number of nitrogens with zero attached hydrogens (tertiary/aromatic N) is 4. The summed E-state index contributed by atoms with van der Waals surface area (Å²) >= 11 is 0. The predicted molar refractivity (Wildman–Crippen MR) is 128 cm³/mol. The molecule has 0 bridgehead atoms. The molecule has 0 aromatic carbocycles. The molecule has 1 aliphatic rings. The summed E-state index contributed by atoms with van der Waals surface area (Å²) < 4.78 is 61.0. The van der Waals surface area contributed by atoms with Crippen LogP contribution in [-0.4, -0.2) is 50.1 Å². The second-order valence-electron chi connectivity index (χ2n) is 9.16. The maximum absolute atomic E-state index is 13.9. The highest BCUT2D eigenvalue weighted by molar-refractivity contribution is 5.81. The van der Waals surface area contributed by atoms with Gasteiger partial charge in [0.25, 0.3) is 0 Å². The van der Waals surface area contributed by atoms with E-state index in [1.165, 1.54) is 31.7 Å². The second kappa shape index (κ2) is 11.0. The fourth-order valence-electron chi connectivity index (χ4n) is 4.11. The molecule has 4 aromatic rings. The molecule has 0 aliphatic carbocycles. The number of fused-ring (bicyclic) bond motifs is 1. The molecule has 19 heteroatoms. The average Bonchev–Trinajstić information content (AvgIpc) is 3.65. The third-order valence-electron chi connectivity index (χ3n) is 6.26. The molecule has 1 fully saturated rings. The summed E-state index contributed by atoms with van der Waals surface area (Å²) in [5, 5.41) is 0. The van der Waals surface area contributed by atoms with E-state index in [2.05, 4.69) is 15.0 Å². The van der Waals surface area contributed by atoms with Gasteiger partial charge >= 0.3 is 30.0 Å². The SMILES string of the molecule is Cc1oc(=O)oc1COC(=O)OC[C@@]1(C)O[C@@H](n2cnc3c(N)nc(F)nc32)C[C@@H]1OC(=O)OCc1oc(=O)oc1C. The number of halogens is 1. The molecule has 1 saturated heterocycles. The average molecular weight is 595 g/mol.